The highest BCUT2D eigenvalue weighted by molar-refractivity contribution is 7.89. The average molecular weight is 228 g/mol. The molecule has 0 radical (unpaired) electrons. The molecule has 0 aliphatic heterocycles. The van der Waals surface area contributed by atoms with Crippen molar-refractivity contribution in [3.63, 3.8) is 0 Å². The Morgan fingerprint density at radius 1 is 1.47 bits per heavy atom. The third-order valence-corrected chi connectivity index (χ3v) is 3.58. The van der Waals surface area contributed by atoms with Gasteiger partial charge in [-0.15, -0.1) is 0 Å². The topological polar surface area (TPSA) is 59.1 Å². The Balaban J connectivity index is 2.62. The maximum atomic E-state index is 11.4. The third kappa shape index (κ3) is 3.97. The molecule has 0 fully saturated rings. The second kappa shape index (κ2) is 5.23. The molecule has 84 valence electrons. The molecule has 0 amide bonds. The van der Waals surface area contributed by atoms with Crippen molar-refractivity contribution in [1.82, 2.24) is 9.71 Å². The zero-order valence-corrected chi connectivity index (χ0v) is 9.84. The molecule has 1 N–H and O–H groups in total. The van der Waals surface area contributed by atoms with Gasteiger partial charge in [-0.1, -0.05) is 13.0 Å². The molecule has 1 heterocycles. The molecule has 0 saturated carbocycles. The highest BCUT2D eigenvalue weighted by atomic mass is 32.2. The van der Waals surface area contributed by atoms with Crippen LogP contribution in [-0.4, -0.2) is 19.2 Å². The quantitative estimate of drug-likeness (QED) is 0.824. The smallest absolute Gasteiger partial charge is 0.211 e. The fourth-order valence-electron chi connectivity index (χ4n) is 1.22. The van der Waals surface area contributed by atoms with E-state index in [0.29, 0.717) is 6.42 Å². The Morgan fingerprint density at radius 2 is 2.20 bits per heavy atom. The fraction of sp³-hybridized carbons (Fsp3) is 0.500. The molecular formula is C10H16N2O2S. The van der Waals surface area contributed by atoms with Crippen LogP contribution >= 0.6 is 0 Å². The van der Waals surface area contributed by atoms with Gasteiger partial charge in [-0.2, -0.15) is 0 Å². The van der Waals surface area contributed by atoms with Gasteiger partial charge in [0.2, 0.25) is 10.0 Å². The molecule has 0 unspecified atom stereocenters. The summed E-state index contributed by atoms with van der Waals surface area (Å²) in [6.07, 6.45) is 2.28. The van der Waals surface area contributed by atoms with E-state index in [2.05, 4.69) is 9.71 Å². The van der Waals surface area contributed by atoms with Gasteiger partial charge in [-0.25, -0.2) is 13.1 Å². The first kappa shape index (κ1) is 12.1. The van der Waals surface area contributed by atoms with Gasteiger partial charge in [0.15, 0.2) is 0 Å². The van der Waals surface area contributed by atoms with E-state index in [1.807, 2.05) is 26.0 Å². The lowest BCUT2D eigenvalue weighted by Crippen LogP contribution is -2.26. The monoisotopic (exact) mass is 228 g/mol. The van der Waals surface area contributed by atoms with E-state index in [-0.39, 0.29) is 12.3 Å². The second-order valence-corrected chi connectivity index (χ2v) is 5.33. The van der Waals surface area contributed by atoms with Gasteiger partial charge in [0, 0.05) is 6.20 Å². The zero-order chi connectivity index (χ0) is 11.3. The van der Waals surface area contributed by atoms with E-state index >= 15 is 0 Å². The fourth-order valence-corrected chi connectivity index (χ4v) is 2.26. The van der Waals surface area contributed by atoms with Crippen molar-refractivity contribution in [3.8, 4) is 0 Å². The predicted molar refractivity (Wildman–Crippen MR) is 59.9 cm³/mol. The van der Waals surface area contributed by atoms with Crippen LogP contribution in [0.25, 0.3) is 0 Å². The highest BCUT2D eigenvalue weighted by Gasteiger charge is 2.08. The molecule has 0 aromatic carbocycles. The van der Waals surface area contributed by atoms with Crippen LogP contribution in [0.4, 0.5) is 0 Å². The molecule has 1 aromatic heterocycles. The van der Waals surface area contributed by atoms with Crippen LogP contribution in [0.2, 0.25) is 0 Å². The van der Waals surface area contributed by atoms with Gasteiger partial charge in [0.05, 0.1) is 18.0 Å². The van der Waals surface area contributed by atoms with Gasteiger partial charge in [0.1, 0.15) is 0 Å². The van der Waals surface area contributed by atoms with Crippen molar-refractivity contribution in [3.05, 3.63) is 29.6 Å². The molecule has 0 atom stereocenters. The van der Waals surface area contributed by atoms with Crippen LogP contribution in [0.3, 0.4) is 0 Å². The third-order valence-electron chi connectivity index (χ3n) is 2.05. The summed E-state index contributed by atoms with van der Waals surface area (Å²) < 4.78 is 25.3. The Hall–Kier alpha value is -0.940. The van der Waals surface area contributed by atoms with Gasteiger partial charge < -0.3 is 0 Å². The molecule has 1 aromatic rings. The first-order valence-corrected chi connectivity index (χ1v) is 6.58. The number of hydrogen-bond acceptors (Lipinski definition) is 3. The maximum absolute atomic E-state index is 11.4. The van der Waals surface area contributed by atoms with Crippen LogP contribution < -0.4 is 4.72 Å². The molecule has 5 heteroatoms. The maximum Gasteiger partial charge on any atom is 0.211 e. The Kier molecular flexibility index (Phi) is 4.23. The molecule has 1 rings (SSSR count). The van der Waals surface area contributed by atoms with E-state index in [1.165, 1.54) is 0 Å². The molecule has 0 saturated heterocycles. The number of nitrogens with one attached hydrogen (secondary N) is 1. The number of rotatable bonds is 5. The number of sulfonamides is 1. The number of aryl methyl sites for hydroxylation is 1. The first-order valence-electron chi connectivity index (χ1n) is 4.93. The standard InChI is InChI=1S/C10H16N2O2S/c1-3-7-15(13,14)12-8-10-9(2)5-4-6-11-10/h4-6,12H,3,7-8H2,1-2H3. The summed E-state index contributed by atoms with van der Waals surface area (Å²) in [5, 5.41) is 0. The molecule has 0 spiro atoms. The summed E-state index contributed by atoms with van der Waals surface area (Å²) in [6.45, 7) is 4.02. The van der Waals surface area contributed by atoms with Gasteiger partial charge in [-0.05, 0) is 25.0 Å². The summed E-state index contributed by atoms with van der Waals surface area (Å²) in [5.41, 5.74) is 1.77. The predicted octanol–water partition coefficient (Wildman–Crippen LogP) is 1.22. The molecule has 0 bridgehead atoms. The van der Waals surface area contributed by atoms with E-state index < -0.39 is 10.0 Å². The van der Waals surface area contributed by atoms with Crippen molar-refractivity contribution in [2.45, 2.75) is 26.8 Å². The van der Waals surface area contributed by atoms with Crippen molar-refractivity contribution < 1.29 is 8.42 Å². The molecule has 0 aliphatic rings. The van der Waals surface area contributed by atoms with Crippen molar-refractivity contribution in [2.24, 2.45) is 0 Å². The van der Waals surface area contributed by atoms with E-state index in [9.17, 15) is 8.42 Å². The van der Waals surface area contributed by atoms with Crippen molar-refractivity contribution >= 4 is 10.0 Å². The lowest BCUT2D eigenvalue weighted by Gasteiger charge is -2.06. The number of aromatic nitrogens is 1. The minimum atomic E-state index is -3.14. The summed E-state index contributed by atoms with van der Waals surface area (Å²) >= 11 is 0. The Bertz CT molecular complexity index is 415. The average Bonchev–Trinajstić information content (AvgIpc) is 2.16. The summed E-state index contributed by atoms with van der Waals surface area (Å²) in [5.74, 6) is 0.166. The number of nitrogens with zero attached hydrogens (tertiary/aromatic N) is 1. The van der Waals surface area contributed by atoms with Gasteiger partial charge >= 0.3 is 0 Å². The second-order valence-electron chi connectivity index (χ2n) is 3.41. The summed E-state index contributed by atoms with van der Waals surface area (Å²) in [7, 11) is -3.14. The van der Waals surface area contributed by atoms with E-state index in [0.717, 1.165) is 11.3 Å². The van der Waals surface area contributed by atoms with Crippen LogP contribution in [0.1, 0.15) is 24.6 Å². The van der Waals surface area contributed by atoms with Gasteiger partial charge in [-0.3, -0.25) is 4.98 Å². The minimum Gasteiger partial charge on any atom is -0.260 e. The van der Waals surface area contributed by atoms with Crippen LogP contribution in [0.5, 0.6) is 0 Å². The number of hydrogen-bond donors (Lipinski definition) is 1. The van der Waals surface area contributed by atoms with E-state index in [4.69, 9.17) is 0 Å². The van der Waals surface area contributed by atoms with Crippen LogP contribution in [0.15, 0.2) is 18.3 Å². The SMILES string of the molecule is CCCS(=O)(=O)NCc1ncccc1C. The molecular weight excluding hydrogens is 212 g/mol. The molecule has 15 heavy (non-hydrogen) atoms. The molecule has 4 nitrogen and oxygen atoms in total. The number of pyridine rings is 1. The van der Waals surface area contributed by atoms with Crippen LogP contribution in [0, 0.1) is 6.92 Å². The normalized spacial score (nSPS) is 11.6. The zero-order valence-electron chi connectivity index (χ0n) is 9.03. The lowest BCUT2D eigenvalue weighted by atomic mass is 10.2. The first-order chi connectivity index (χ1) is 7.05. The van der Waals surface area contributed by atoms with E-state index in [1.54, 1.807) is 6.20 Å². The summed E-state index contributed by atoms with van der Waals surface area (Å²) in [6, 6.07) is 3.75. The highest BCUT2D eigenvalue weighted by Crippen LogP contribution is 2.03. The largest absolute Gasteiger partial charge is 0.260 e. The van der Waals surface area contributed by atoms with Crippen LogP contribution in [-0.2, 0) is 16.6 Å². The summed E-state index contributed by atoms with van der Waals surface area (Å²) in [4.78, 5) is 4.11. The Labute approximate surface area is 90.8 Å². The molecule has 0 aliphatic carbocycles. The minimum absolute atomic E-state index is 0.166. The Morgan fingerprint density at radius 3 is 2.80 bits per heavy atom. The van der Waals surface area contributed by atoms with Crippen molar-refractivity contribution in [2.75, 3.05) is 5.75 Å². The van der Waals surface area contributed by atoms with Gasteiger partial charge in [0.25, 0.3) is 0 Å². The lowest BCUT2D eigenvalue weighted by molar-refractivity contribution is 0.579. The van der Waals surface area contributed by atoms with Crippen molar-refractivity contribution in [1.29, 1.82) is 0 Å².